The van der Waals surface area contributed by atoms with Crippen molar-refractivity contribution in [2.75, 3.05) is 6.73 Å². The van der Waals surface area contributed by atoms with Crippen molar-refractivity contribution < 1.29 is 26.9 Å². The van der Waals surface area contributed by atoms with Gasteiger partial charge in [-0.25, -0.2) is 22.0 Å². The van der Waals surface area contributed by atoms with Crippen molar-refractivity contribution in [3.63, 3.8) is 0 Å². The van der Waals surface area contributed by atoms with Crippen molar-refractivity contribution in [1.29, 1.82) is 0 Å². The van der Waals surface area contributed by atoms with Crippen molar-refractivity contribution in [2.45, 2.75) is 9.79 Å². The van der Waals surface area contributed by atoms with Gasteiger partial charge in [-0.05, 0) is 6.07 Å². The summed E-state index contributed by atoms with van der Waals surface area (Å²) in [6.45, 7) is -1.03. The van der Waals surface area contributed by atoms with Gasteiger partial charge in [0.25, 0.3) is 5.69 Å². The maximum atomic E-state index is 11.7. The lowest BCUT2D eigenvalue weighted by Crippen LogP contribution is -2.26. The molecule has 112 valence electrons. The standard InChI is InChI=1S/C7H8ClN3O7S2/c8-4-1-5(11(13)14)7(20(17,18)10-3-12)2-6(4)19(9,15)16/h1-2,10,12H,3H2,(H2,9,15,16). The molecule has 4 N–H and O–H groups in total. The fraction of sp³-hybridized carbons (Fsp3) is 0.143. The first-order chi connectivity index (χ1) is 9.00. The van der Waals surface area contributed by atoms with Crippen LogP contribution in [-0.4, -0.2) is 33.6 Å². The van der Waals surface area contributed by atoms with E-state index < -0.39 is 52.2 Å². The highest BCUT2D eigenvalue weighted by Gasteiger charge is 2.30. The van der Waals surface area contributed by atoms with E-state index >= 15 is 0 Å². The zero-order chi connectivity index (χ0) is 15.7. The number of nitrogens with two attached hydrogens (primary N) is 1. The predicted molar refractivity (Wildman–Crippen MR) is 66.9 cm³/mol. The lowest BCUT2D eigenvalue weighted by atomic mass is 10.3. The van der Waals surface area contributed by atoms with Crippen LogP contribution < -0.4 is 9.86 Å². The fourth-order valence-electron chi connectivity index (χ4n) is 1.26. The maximum absolute atomic E-state index is 11.7. The van der Waals surface area contributed by atoms with Crippen LogP contribution in [0.2, 0.25) is 5.02 Å². The Balaban J connectivity index is 3.77. The molecule has 0 aliphatic heterocycles. The van der Waals surface area contributed by atoms with Gasteiger partial charge in [-0.3, -0.25) is 10.1 Å². The van der Waals surface area contributed by atoms with Crippen LogP contribution >= 0.6 is 11.6 Å². The Morgan fingerprint density at radius 2 is 1.85 bits per heavy atom. The maximum Gasteiger partial charge on any atom is 0.290 e. The number of aliphatic hydroxyl groups excluding tert-OH is 1. The molecule has 13 heteroatoms. The number of hydrogen-bond acceptors (Lipinski definition) is 7. The van der Waals surface area contributed by atoms with Crippen LogP contribution in [0.25, 0.3) is 0 Å². The third kappa shape index (κ3) is 3.41. The van der Waals surface area contributed by atoms with Gasteiger partial charge in [0.2, 0.25) is 20.0 Å². The third-order valence-electron chi connectivity index (χ3n) is 2.06. The molecule has 1 aromatic rings. The molecule has 0 amide bonds. The highest BCUT2D eigenvalue weighted by molar-refractivity contribution is 7.90. The van der Waals surface area contributed by atoms with Crippen LogP contribution in [0.15, 0.2) is 21.9 Å². The van der Waals surface area contributed by atoms with Crippen molar-refractivity contribution in [1.82, 2.24) is 4.72 Å². The summed E-state index contributed by atoms with van der Waals surface area (Å²) < 4.78 is 47.4. The molecule has 1 aromatic carbocycles. The van der Waals surface area contributed by atoms with E-state index in [4.69, 9.17) is 21.8 Å². The molecule has 0 aliphatic carbocycles. The van der Waals surface area contributed by atoms with Gasteiger partial charge in [-0.2, -0.15) is 4.72 Å². The Morgan fingerprint density at radius 3 is 2.25 bits per heavy atom. The van der Waals surface area contributed by atoms with Gasteiger partial charge in [0.15, 0.2) is 4.90 Å². The Morgan fingerprint density at radius 1 is 1.30 bits per heavy atom. The summed E-state index contributed by atoms with van der Waals surface area (Å²) in [6, 6.07) is 1.00. The number of rotatable bonds is 5. The summed E-state index contributed by atoms with van der Waals surface area (Å²) >= 11 is 5.53. The summed E-state index contributed by atoms with van der Waals surface area (Å²) in [5.74, 6) is 0. The predicted octanol–water partition coefficient (Wildman–Crippen LogP) is -0.876. The second-order valence-corrected chi connectivity index (χ2v) is 7.03. The van der Waals surface area contributed by atoms with Crippen LogP contribution in [0.1, 0.15) is 0 Å². The van der Waals surface area contributed by atoms with E-state index in [9.17, 15) is 26.9 Å². The van der Waals surface area contributed by atoms with E-state index in [1.807, 2.05) is 0 Å². The Labute approximate surface area is 118 Å². The second-order valence-electron chi connectivity index (χ2n) is 3.36. The molecule has 0 spiro atoms. The molecule has 1 rings (SSSR count). The minimum atomic E-state index is -4.51. The molecular weight excluding hydrogens is 338 g/mol. The first-order valence-electron chi connectivity index (χ1n) is 4.62. The normalized spacial score (nSPS) is 12.3. The van der Waals surface area contributed by atoms with Gasteiger partial charge >= 0.3 is 0 Å². The molecular formula is C7H8ClN3O7S2. The number of aliphatic hydroxyl groups is 1. The molecule has 0 heterocycles. The number of primary sulfonamides is 1. The molecule has 10 nitrogen and oxygen atoms in total. The number of nitrogens with zero attached hydrogens (tertiary/aromatic N) is 1. The second kappa shape index (κ2) is 5.59. The van der Waals surface area contributed by atoms with E-state index in [0.717, 1.165) is 0 Å². The molecule has 0 fully saturated rings. The molecule has 0 unspecified atom stereocenters. The van der Waals surface area contributed by atoms with E-state index in [2.05, 4.69) is 0 Å². The summed E-state index contributed by atoms with van der Waals surface area (Å²) in [4.78, 5) is 7.96. The number of benzene rings is 1. The number of nitro benzene ring substituents is 1. The number of sulfonamides is 2. The molecule has 0 aromatic heterocycles. The van der Waals surface area contributed by atoms with E-state index in [-0.39, 0.29) is 0 Å². The molecule has 0 bridgehead atoms. The third-order valence-corrected chi connectivity index (χ3v) is 4.85. The fourth-order valence-corrected chi connectivity index (χ4v) is 3.44. The molecule has 0 saturated carbocycles. The van der Waals surface area contributed by atoms with E-state index in [0.29, 0.717) is 12.1 Å². The van der Waals surface area contributed by atoms with Gasteiger partial charge < -0.3 is 5.11 Å². The molecule has 0 radical (unpaired) electrons. The van der Waals surface area contributed by atoms with E-state index in [1.54, 1.807) is 4.72 Å². The van der Waals surface area contributed by atoms with Gasteiger partial charge in [0.1, 0.15) is 11.6 Å². The molecule has 0 aliphatic rings. The van der Waals surface area contributed by atoms with Crippen molar-refractivity contribution in [3.05, 3.63) is 27.3 Å². The van der Waals surface area contributed by atoms with Crippen LogP contribution in [0.3, 0.4) is 0 Å². The van der Waals surface area contributed by atoms with Crippen molar-refractivity contribution in [2.24, 2.45) is 5.14 Å². The molecule has 20 heavy (non-hydrogen) atoms. The zero-order valence-electron chi connectivity index (χ0n) is 9.48. The molecule has 0 atom stereocenters. The number of halogens is 1. The quantitative estimate of drug-likeness (QED) is 0.353. The van der Waals surface area contributed by atoms with Gasteiger partial charge in [0.05, 0.1) is 9.95 Å². The summed E-state index contributed by atoms with van der Waals surface area (Å²) in [5, 5.41) is 23.6. The topological polar surface area (TPSA) is 170 Å². The average Bonchev–Trinajstić information content (AvgIpc) is 2.26. The summed E-state index contributed by atoms with van der Waals surface area (Å²) in [7, 11) is -8.89. The lowest BCUT2D eigenvalue weighted by molar-refractivity contribution is -0.387. The van der Waals surface area contributed by atoms with Crippen molar-refractivity contribution in [3.8, 4) is 0 Å². The Bertz CT molecular complexity index is 759. The smallest absolute Gasteiger partial charge is 0.290 e. The summed E-state index contributed by atoms with van der Waals surface area (Å²) in [6.07, 6.45) is 0. The van der Waals surface area contributed by atoms with Gasteiger partial charge in [-0.1, -0.05) is 11.6 Å². The van der Waals surface area contributed by atoms with E-state index in [1.165, 1.54) is 0 Å². The highest BCUT2D eigenvalue weighted by atomic mass is 35.5. The van der Waals surface area contributed by atoms with Gasteiger partial charge in [0, 0.05) is 6.07 Å². The minimum absolute atomic E-state index is 0.452. The van der Waals surface area contributed by atoms with Crippen LogP contribution in [0.5, 0.6) is 0 Å². The SMILES string of the molecule is NS(=O)(=O)c1cc(S(=O)(=O)NCO)c([N+](=O)[O-])cc1Cl. The first kappa shape index (κ1) is 16.7. The average molecular weight is 346 g/mol. The Kier molecular flexibility index (Phi) is 4.68. The number of nitrogens with one attached hydrogen (secondary N) is 1. The largest absolute Gasteiger partial charge is 0.380 e. The highest BCUT2D eigenvalue weighted by Crippen LogP contribution is 2.32. The number of nitro groups is 1. The lowest BCUT2D eigenvalue weighted by Gasteiger charge is -2.08. The van der Waals surface area contributed by atoms with Crippen LogP contribution in [0.4, 0.5) is 5.69 Å². The first-order valence-corrected chi connectivity index (χ1v) is 8.02. The van der Waals surface area contributed by atoms with Crippen LogP contribution in [0, 0.1) is 10.1 Å². The minimum Gasteiger partial charge on any atom is -0.380 e. The van der Waals surface area contributed by atoms with Crippen LogP contribution in [-0.2, 0) is 20.0 Å². The monoisotopic (exact) mass is 345 g/mol. The van der Waals surface area contributed by atoms with Crippen molar-refractivity contribution >= 4 is 37.3 Å². The summed E-state index contributed by atoms with van der Waals surface area (Å²) in [5.41, 5.74) is -0.955. The Hall–Kier alpha value is -1.31. The molecule has 0 saturated heterocycles. The zero-order valence-corrected chi connectivity index (χ0v) is 11.9. The number of hydrogen-bond donors (Lipinski definition) is 3. The van der Waals surface area contributed by atoms with Gasteiger partial charge in [-0.15, -0.1) is 0 Å².